The maximum absolute atomic E-state index is 13.4. The van der Waals surface area contributed by atoms with E-state index in [4.69, 9.17) is 5.73 Å². The van der Waals surface area contributed by atoms with E-state index in [0.717, 1.165) is 11.1 Å². The standard InChI is InChI=1S/C20H23FN2O3S/c1-14-2-10-18(11-3-14)27(25,26)23-17(9-13-20(22)24)8-12-19(23)15-4-6-16(21)7-5-15/h2-7,10-11,17,19H,8-9,12-13H2,1H3,(H2,22,24)/t17-,19+/m0/s1. The molecule has 1 fully saturated rings. The Labute approximate surface area is 159 Å². The minimum Gasteiger partial charge on any atom is -0.370 e. The molecule has 1 aliphatic heterocycles. The van der Waals surface area contributed by atoms with Crippen LogP contribution in [0, 0.1) is 12.7 Å². The predicted molar refractivity (Wildman–Crippen MR) is 101 cm³/mol. The fourth-order valence-corrected chi connectivity index (χ4v) is 5.52. The highest BCUT2D eigenvalue weighted by atomic mass is 32.2. The highest BCUT2D eigenvalue weighted by Crippen LogP contribution is 2.42. The van der Waals surface area contributed by atoms with E-state index < -0.39 is 22.0 Å². The minimum absolute atomic E-state index is 0.126. The van der Waals surface area contributed by atoms with E-state index in [2.05, 4.69) is 0 Å². The summed E-state index contributed by atoms with van der Waals surface area (Å²) in [5.74, 6) is -0.817. The molecular formula is C20H23FN2O3S. The molecule has 1 saturated heterocycles. The van der Waals surface area contributed by atoms with Crippen molar-refractivity contribution >= 4 is 15.9 Å². The molecule has 27 heavy (non-hydrogen) atoms. The van der Waals surface area contributed by atoms with Gasteiger partial charge in [-0.25, -0.2) is 12.8 Å². The van der Waals surface area contributed by atoms with Crippen LogP contribution in [0.3, 0.4) is 0 Å². The molecule has 0 aromatic heterocycles. The average Bonchev–Trinajstić information content (AvgIpc) is 3.06. The normalized spacial score (nSPS) is 20.7. The zero-order valence-corrected chi connectivity index (χ0v) is 16.0. The summed E-state index contributed by atoms with van der Waals surface area (Å²) in [7, 11) is -3.77. The summed E-state index contributed by atoms with van der Waals surface area (Å²) >= 11 is 0. The summed E-state index contributed by atoms with van der Waals surface area (Å²) in [6.45, 7) is 1.89. The topological polar surface area (TPSA) is 80.5 Å². The second kappa shape index (κ2) is 7.78. The Balaban J connectivity index is 2.00. The van der Waals surface area contributed by atoms with Gasteiger partial charge in [0.15, 0.2) is 0 Å². The molecule has 0 spiro atoms. The van der Waals surface area contributed by atoms with E-state index in [1.54, 1.807) is 36.4 Å². The van der Waals surface area contributed by atoms with Crippen molar-refractivity contribution in [2.24, 2.45) is 5.73 Å². The third-order valence-corrected chi connectivity index (χ3v) is 6.99. The van der Waals surface area contributed by atoms with Gasteiger partial charge >= 0.3 is 0 Å². The summed E-state index contributed by atoms with van der Waals surface area (Å²) in [6.07, 6.45) is 1.74. The second-order valence-electron chi connectivity index (χ2n) is 6.95. The Morgan fingerprint density at radius 2 is 1.74 bits per heavy atom. The van der Waals surface area contributed by atoms with Crippen LogP contribution in [-0.2, 0) is 14.8 Å². The monoisotopic (exact) mass is 390 g/mol. The number of amides is 1. The Kier molecular flexibility index (Phi) is 5.62. The zero-order chi connectivity index (χ0) is 19.6. The van der Waals surface area contributed by atoms with Gasteiger partial charge in [0, 0.05) is 12.5 Å². The number of hydrogen-bond acceptors (Lipinski definition) is 3. The molecule has 144 valence electrons. The van der Waals surface area contributed by atoms with Gasteiger partial charge in [0.2, 0.25) is 15.9 Å². The first-order valence-corrected chi connectivity index (χ1v) is 10.4. The van der Waals surface area contributed by atoms with Gasteiger partial charge < -0.3 is 5.73 Å². The first-order valence-electron chi connectivity index (χ1n) is 8.93. The molecule has 7 heteroatoms. The van der Waals surface area contributed by atoms with Gasteiger partial charge in [-0.2, -0.15) is 4.31 Å². The quantitative estimate of drug-likeness (QED) is 0.822. The second-order valence-corrected chi connectivity index (χ2v) is 8.79. The number of halogens is 1. The summed E-state index contributed by atoms with van der Waals surface area (Å²) in [5, 5.41) is 0. The lowest BCUT2D eigenvalue weighted by Gasteiger charge is -2.30. The Morgan fingerprint density at radius 1 is 1.11 bits per heavy atom. The van der Waals surface area contributed by atoms with Crippen molar-refractivity contribution in [3.8, 4) is 0 Å². The van der Waals surface area contributed by atoms with Crippen LogP contribution in [0.25, 0.3) is 0 Å². The molecule has 2 aromatic rings. The molecule has 0 radical (unpaired) electrons. The lowest BCUT2D eigenvalue weighted by atomic mass is 10.0. The van der Waals surface area contributed by atoms with Gasteiger partial charge in [0.1, 0.15) is 5.82 Å². The number of aryl methyl sites for hydroxylation is 1. The van der Waals surface area contributed by atoms with E-state index >= 15 is 0 Å². The fourth-order valence-electron chi connectivity index (χ4n) is 3.63. The summed E-state index contributed by atoms with van der Waals surface area (Å²) in [6, 6.07) is 11.9. The van der Waals surface area contributed by atoms with Gasteiger partial charge in [0.05, 0.1) is 10.9 Å². The minimum atomic E-state index is -3.77. The lowest BCUT2D eigenvalue weighted by Crippen LogP contribution is -2.38. The number of benzene rings is 2. The van der Waals surface area contributed by atoms with Crippen LogP contribution < -0.4 is 5.73 Å². The smallest absolute Gasteiger partial charge is 0.243 e. The third kappa shape index (κ3) is 4.20. The summed E-state index contributed by atoms with van der Waals surface area (Å²) in [5.41, 5.74) is 6.98. The SMILES string of the molecule is Cc1ccc(S(=O)(=O)N2[C@H](CCC(N)=O)CC[C@@H]2c2ccc(F)cc2)cc1. The molecule has 2 aromatic carbocycles. The molecule has 3 rings (SSSR count). The molecule has 2 atom stereocenters. The maximum atomic E-state index is 13.4. The molecule has 5 nitrogen and oxygen atoms in total. The number of rotatable bonds is 6. The number of carbonyl (C=O) groups excluding carboxylic acids is 1. The van der Waals surface area contributed by atoms with Crippen LogP contribution >= 0.6 is 0 Å². The van der Waals surface area contributed by atoms with Crippen molar-refractivity contribution in [1.82, 2.24) is 4.31 Å². The van der Waals surface area contributed by atoms with Crippen LogP contribution in [0.5, 0.6) is 0 Å². The number of carbonyl (C=O) groups is 1. The number of primary amides is 1. The van der Waals surface area contributed by atoms with E-state index in [0.29, 0.717) is 19.3 Å². The highest BCUT2D eigenvalue weighted by Gasteiger charge is 2.42. The van der Waals surface area contributed by atoms with Crippen molar-refractivity contribution in [3.05, 3.63) is 65.5 Å². The molecule has 1 aliphatic rings. The number of nitrogens with zero attached hydrogens (tertiary/aromatic N) is 1. The molecule has 1 amide bonds. The van der Waals surface area contributed by atoms with Crippen LogP contribution in [0.2, 0.25) is 0 Å². The molecule has 0 saturated carbocycles. The molecular weight excluding hydrogens is 367 g/mol. The highest BCUT2D eigenvalue weighted by molar-refractivity contribution is 7.89. The van der Waals surface area contributed by atoms with Gasteiger partial charge in [-0.3, -0.25) is 4.79 Å². The van der Waals surface area contributed by atoms with Crippen molar-refractivity contribution in [2.75, 3.05) is 0 Å². The van der Waals surface area contributed by atoms with Crippen LogP contribution in [0.1, 0.15) is 42.9 Å². The third-order valence-electron chi connectivity index (χ3n) is 5.02. The number of nitrogens with two attached hydrogens (primary N) is 1. The van der Waals surface area contributed by atoms with Gasteiger partial charge in [0.25, 0.3) is 0 Å². The Hall–Kier alpha value is -2.25. The van der Waals surface area contributed by atoms with Gasteiger partial charge in [-0.15, -0.1) is 0 Å². The first-order chi connectivity index (χ1) is 12.8. The zero-order valence-electron chi connectivity index (χ0n) is 15.1. The van der Waals surface area contributed by atoms with Crippen molar-refractivity contribution in [2.45, 2.75) is 49.6 Å². The summed E-state index contributed by atoms with van der Waals surface area (Å²) in [4.78, 5) is 11.4. The maximum Gasteiger partial charge on any atom is 0.243 e. The van der Waals surface area contributed by atoms with E-state index in [9.17, 15) is 17.6 Å². The molecule has 1 heterocycles. The van der Waals surface area contributed by atoms with Crippen LogP contribution in [0.4, 0.5) is 4.39 Å². The predicted octanol–water partition coefficient (Wildman–Crippen LogP) is 3.29. The molecule has 2 N–H and O–H groups in total. The van der Waals surface area contributed by atoms with Crippen molar-refractivity contribution in [1.29, 1.82) is 0 Å². The van der Waals surface area contributed by atoms with Crippen LogP contribution in [0.15, 0.2) is 53.4 Å². The van der Waals surface area contributed by atoms with E-state index in [-0.39, 0.29) is 23.2 Å². The molecule has 0 bridgehead atoms. The van der Waals surface area contributed by atoms with Crippen molar-refractivity contribution < 1.29 is 17.6 Å². The number of sulfonamides is 1. The molecule has 0 unspecified atom stereocenters. The Bertz CT molecular complexity index is 911. The van der Waals surface area contributed by atoms with Crippen molar-refractivity contribution in [3.63, 3.8) is 0 Å². The van der Waals surface area contributed by atoms with Gasteiger partial charge in [-0.05, 0) is 56.0 Å². The van der Waals surface area contributed by atoms with E-state index in [1.165, 1.54) is 16.4 Å². The Morgan fingerprint density at radius 3 is 2.33 bits per heavy atom. The van der Waals surface area contributed by atoms with E-state index in [1.807, 2.05) is 6.92 Å². The number of hydrogen-bond donors (Lipinski definition) is 1. The fraction of sp³-hybridized carbons (Fsp3) is 0.350. The molecule has 0 aliphatic carbocycles. The van der Waals surface area contributed by atoms with Crippen LogP contribution in [-0.4, -0.2) is 24.7 Å². The largest absolute Gasteiger partial charge is 0.370 e. The first kappa shape index (κ1) is 19.5. The average molecular weight is 390 g/mol. The summed E-state index contributed by atoms with van der Waals surface area (Å²) < 4.78 is 41.6. The van der Waals surface area contributed by atoms with Gasteiger partial charge in [-0.1, -0.05) is 29.8 Å². The lowest BCUT2D eigenvalue weighted by molar-refractivity contribution is -0.118.